The second-order valence-electron chi connectivity index (χ2n) is 6.74. The maximum absolute atomic E-state index is 5.33. The van der Waals surface area contributed by atoms with Gasteiger partial charge in [-0.1, -0.05) is 5.16 Å². The molecule has 0 radical (unpaired) electrons. The number of aryl methyl sites for hydroxylation is 2. The van der Waals surface area contributed by atoms with Crippen LogP contribution in [0.25, 0.3) is 0 Å². The molecule has 1 atom stereocenters. The van der Waals surface area contributed by atoms with Crippen molar-refractivity contribution < 1.29 is 9.26 Å². The molecule has 0 bridgehead atoms. The fraction of sp³-hybridized carbons (Fsp3) is 0.706. The Morgan fingerprint density at radius 2 is 2.17 bits per heavy atom. The summed E-state index contributed by atoms with van der Waals surface area (Å²) in [5.41, 5.74) is 1.37. The number of piperidine rings is 1. The van der Waals surface area contributed by atoms with Crippen molar-refractivity contribution in [2.24, 2.45) is 0 Å². The first-order valence-corrected chi connectivity index (χ1v) is 9.64. The number of aromatic nitrogens is 3. The molecule has 0 amide bonds. The number of hydrogen-bond donors (Lipinski definition) is 0. The normalized spacial score (nSPS) is 21.8. The Balaban J connectivity index is 1.40. The lowest BCUT2D eigenvalue weighted by atomic mass is 9.98. The van der Waals surface area contributed by atoms with Gasteiger partial charge in [-0.15, -0.1) is 11.3 Å². The maximum Gasteiger partial charge on any atom is 0.240 e. The van der Waals surface area contributed by atoms with Crippen molar-refractivity contribution in [3.63, 3.8) is 0 Å². The summed E-state index contributed by atoms with van der Waals surface area (Å²) in [6.45, 7) is 3.24. The third kappa shape index (κ3) is 3.53. The zero-order valence-corrected chi connectivity index (χ0v) is 15.0. The summed E-state index contributed by atoms with van der Waals surface area (Å²) < 4.78 is 10.4. The van der Waals surface area contributed by atoms with Gasteiger partial charge in [-0.3, -0.25) is 4.90 Å². The van der Waals surface area contributed by atoms with Crippen LogP contribution in [-0.4, -0.2) is 40.2 Å². The number of fused-ring (bicyclic) bond motifs is 1. The first-order valence-electron chi connectivity index (χ1n) is 8.83. The molecule has 0 N–H and O–H groups in total. The molecule has 24 heavy (non-hydrogen) atoms. The lowest BCUT2D eigenvalue weighted by molar-refractivity contribution is 0.171. The van der Waals surface area contributed by atoms with E-state index in [1.807, 2.05) is 11.3 Å². The molecule has 2 aromatic rings. The van der Waals surface area contributed by atoms with Crippen LogP contribution < -0.4 is 0 Å². The van der Waals surface area contributed by atoms with Crippen LogP contribution >= 0.6 is 11.3 Å². The van der Waals surface area contributed by atoms with Gasteiger partial charge < -0.3 is 9.26 Å². The topological polar surface area (TPSA) is 64.3 Å². The van der Waals surface area contributed by atoms with Crippen molar-refractivity contribution in [2.75, 3.05) is 20.2 Å². The van der Waals surface area contributed by atoms with E-state index in [-0.39, 0.29) is 0 Å². The largest absolute Gasteiger partial charge is 0.377 e. The molecular formula is C17H24N4O2S. The van der Waals surface area contributed by atoms with Gasteiger partial charge in [0.15, 0.2) is 5.82 Å². The average molecular weight is 348 g/mol. The first kappa shape index (κ1) is 16.2. The Morgan fingerprint density at radius 1 is 1.25 bits per heavy atom. The fourth-order valence-corrected chi connectivity index (χ4v) is 4.96. The minimum absolute atomic E-state index is 0.400. The van der Waals surface area contributed by atoms with Crippen LogP contribution in [0.4, 0.5) is 0 Å². The highest BCUT2D eigenvalue weighted by Crippen LogP contribution is 2.34. The molecule has 3 heterocycles. The highest BCUT2D eigenvalue weighted by atomic mass is 32.1. The van der Waals surface area contributed by atoms with Gasteiger partial charge in [0.1, 0.15) is 6.61 Å². The quantitative estimate of drug-likeness (QED) is 0.828. The lowest BCUT2D eigenvalue weighted by Gasteiger charge is -2.30. The van der Waals surface area contributed by atoms with E-state index in [0.717, 1.165) is 19.6 Å². The summed E-state index contributed by atoms with van der Waals surface area (Å²) in [5, 5.41) is 5.29. The van der Waals surface area contributed by atoms with Gasteiger partial charge >= 0.3 is 0 Å². The molecule has 130 valence electrons. The summed E-state index contributed by atoms with van der Waals surface area (Å²) in [7, 11) is 1.64. The number of nitrogens with zero attached hydrogens (tertiary/aromatic N) is 4. The standard InChI is InChI=1S/C17H24N4O2S/c1-22-11-15-19-16(23-20-15)10-21-8-4-5-12(9-21)17-18-13-6-2-3-7-14(13)24-17/h12H,2-11H2,1H3/t12-/m0/s1. The molecule has 0 saturated carbocycles. The number of thiazole rings is 1. The molecule has 0 unspecified atom stereocenters. The summed E-state index contributed by atoms with van der Waals surface area (Å²) in [5.74, 6) is 1.85. The molecule has 2 aliphatic rings. The van der Waals surface area contributed by atoms with E-state index >= 15 is 0 Å². The predicted octanol–water partition coefficient (Wildman–Crippen LogP) is 2.93. The van der Waals surface area contributed by atoms with Gasteiger partial charge in [0.05, 0.1) is 17.2 Å². The smallest absolute Gasteiger partial charge is 0.240 e. The lowest BCUT2D eigenvalue weighted by Crippen LogP contribution is -2.34. The van der Waals surface area contributed by atoms with E-state index < -0.39 is 0 Å². The Bertz CT molecular complexity index is 660. The van der Waals surface area contributed by atoms with Crippen molar-refractivity contribution >= 4 is 11.3 Å². The zero-order valence-electron chi connectivity index (χ0n) is 14.2. The SMILES string of the molecule is COCc1noc(CN2CCC[C@H](c3nc4c(s3)CCCC4)C2)n1. The average Bonchev–Trinajstić information content (AvgIpc) is 3.22. The Hall–Kier alpha value is -1.31. The van der Waals surface area contributed by atoms with Gasteiger partial charge in [0.2, 0.25) is 5.89 Å². The van der Waals surface area contributed by atoms with Gasteiger partial charge in [-0.25, -0.2) is 4.98 Å². The Labute approximate surface area is 146 Å². The molecule has 2 aromatic heterocycles. The van der Waals surface area contributed by atoms with Crippen LogP contribution in [0.2, 0.25) is 0 Å². The highest BCUT2D eigenvalue weighted by Gasteiger charge is 2.27. The second kappa shape index (κ2) is 7.29. The monoisotopic (exact) mass is 348 g/mol. The summed E-state index contributed by atoms with van der Waals surface area (Å²) in [4.78, 5) is 13.3. The second-order valence-corrected chi connectivity index (χ2v) is 7.86. The molecule has 1 aliphatic carbocycles. The molecule has 0 aromatic carbocycles. The van der Waals surface area contributed by atoms with Gasteiger partial charge in [-0.05, 0) is 45.1 Å². The van der Waals surface area contributed by atoms with Crippen molar-refractivity contribution in [2.45, 2.75) is 57.6 Å². The van der Waals surface area contributed by atoms with Gasteiger partial charge in [-0.2, -0.15) is 4.98 Å². The number of ether oxygens (including phenoxy) is 1. The van der Waals surface area contributed by atoms with E-state index in [1.165, 1.54) is 54.1 Å². The Morgan fingerprint density at radius 3 is 3.04 bits per heavy atom. The van der Waals surface area contributed by atoms with Crippen LogP contribution in [-0.2, 0) is 30.7 Å². The van der Waals surface area contributed by atoms with Gasteiger partial charge in [0, 0.05) is 24.4 Å². The molecular weight excluding hydrogens is 324 g/mol. The summed E-state index contributed by atoms with van der Waals surface area (Å²) in [6.07, 6.45) is 7.47. The number of hydrogen-bond acceptors (Lipinski definition) is 7. The van der Waals surface area contributed by atoms with E-state index in [0.29, 0.717) is 24.2 Å². The fourth-order valence-electron chi connectivity index (χ4n) is 3.68. The van der Waals surface area contributed by atoms with Crippen molar-refractivity contribution in [1.82, 2.24) is 20.0 Å². The van der Waals surface area contributed by atoms with Gasteiger partial charge in [0.25, 0.3) is 0 Å². The van der Waals surface area contributed by atoms with Crippen LogP contribution in [0, 0.1) is 0 Å². The van der Waals surface area contributed by atoms with E-state index in [2.05, 4.69) is 15.0 Å². The van der Waals surface area contributed by atoms with E-state index in [9.17, 15) is 0 Å². The number of methoxy groups -OCH3 is 1. The first-order chi connectivity index (χ1) is 11.8. The zero-order chi connectivity index (χ0) is 16.4. The Kier molecular flexibility index (Phi) is 4.91. The van der Waals surface area contributed by atoms with E-state index in [4.69, 9.17) is 14.2 Å². The van der Waals surface area contributed by atoms with Crippen LogP contribution in [0.3, 0.4) is 0 Å². The van der Waals surface area contributed by atoms with Crippen molar-refractivity contribution in [3.8, 4) is 0 Å². The third-order valence-corrected chi connectivity index (χ3v) is 6.18. The molecule has 7 heteroatoms. The number of rotatable bonds is 5. The minimum atomic E-state index is 0.400. The third-order valence-electron chi connectivity index (χ3n) is 4.86. The summed E-state index contributed by atoms with van der Waals surface area (Å²) >= 11 is 1.96. The maximum atomic E-state index is 5.33. The molecule has 0 spiro atoms. The van der Waals surface area contributed by atoms with Crippen molar-refractivity contribution in [3.05, 3.63) is 27.3 Å². The van der Waals surface area contributed by atoms with Crippen LogP contribution in [0.15, 0.2) is 4.52 Å². The predicted molar refractivity (Wildman–Crippen MR) is 91.0 cm³/mol. The molecule has 1 aliphatic heterocycles. The highest BCUT2D eigenvalue weighted by molar-refractivity contribution is 7.11. The van der Waals surface area contributed by atoms with Crippen LogP contribution in [0.1, 0.15) is 58.9 Å². The molecule has 1 saturated heterocycles. The van der Waals surface area contributed by atoms with E-state index in [1.54, 1.807) is 7.11 Å². The summed E-state index contributed by atoms with van der Waals surface area (Å²) in [6, 6.07) is 0. The minimum Gasteiger partial charge on any atom is -0.377 e. The molecule has 1 fully saturated rings. The van der Waals surface area contributed by atoms with Crippen molar-refractivity contribution in [1.29, 1.82) is 0 Å². The molecule has 4 rings (SSSR count). The number of likely N-dealkylation sites (tertiary alicyclic amines) is 1. The molecule has 6 nitrogen and oxygen atoms in total. The van der Waals surface area contributed by atoms with Crippen LogP contribution in [0.5, 0.6) is 0 Å².